The summed E-state index contributed by atoms with van der Waals surface area (Å²) in [6.07, 6.45) is 2.31. The minimum Gasteiger partial charge on any atom is -0.347 e. The van der Waals surface area contributed by atoms with Gasteiger partial charge in [0.25, 0.3) is 0 Å². The van der Waals surface area contributed by atoms with E-state index in [1.165, 1.54) is 5.56 Å². The normalized spacial score (nSPS) is 19.0. The Balaban J connectivity index is 1.37. The SMILES string of the molecule is CC(C)(C)c1csc(CCNC(=O)C(=O)NC2CC(c3ccc(Cl)cc3)C2)n1. The van der Waals surface area contributed by atoms with Crippen molar-refractivity contribution in [2.24, 2.45) is 0 Å². The average Bonchev–Trinajstić information content (AvgIpc) is 3.08. The Kier molecular flexibility index (Phi) is 6.40. The van der Waals surface area contributed by atoms with Gasteiger partial charge >= 0.3 is 11.8 Å². The predicted molar refractivity (Wildman–Crippen MR) is 113 cm³/mol. The molecular formula is C21H26ClN3O2S. The minimum absolute atomic E-state index is 0.0184. The zero-order chi connectivity index (χ0) is 20.3. The Morgan fingerprint density at radius 3 is 2.46 bits per heavy atom. The maximum Gasteiger partial charge on any atom is 0.309 e. The first kappa shape index (κ1) is 20.8. The molecule has 0 saturated heterocycles. The van der Waals surface area contributed by atoms with Gasteiger partial charge in [0, 0.05) is 34.8 Å². The highest BCUT2D eigenvalue weighted by Crippen LogP contribution is 2.37. The Bertz CT molecular complexity index is 836. The lowest BCUT2D eigenvalue weighted by Gasteiger charge is -2.36. The van der Waals surface area contributed by atoms with Crippen LogP contribution in [0.5, 0.6) is 0 Å². The molecule has 0 spiro atoms. The molecule has 1 fully saturated rings. The van der Waals surface area contributed by atoms with Gasteiger partial charge in [0.1, 0.15) is 0 Å². The fourth-order valence-electron chi connectivity index (χ4n) is 3.13. The highest BCUT2D eigenvalue weighted by Gasteiger charge is 2.32. The van der Waals surface area contributed by atoms with E-state index in [-0.39, 0.29) is 11.5 Å². The molecule has 0 unspecified atom stereocenters. The molecule has 1 saturated carbocycles. The lowest BCUT2D eigenvalue weighted by atomic mass is 9.76. The molecule has 0 atom stereocenters. The molecule has 5 nitrogen and oxygen atoms in total. The third-order valence-electron chi connectivity index (χ3n) is 4.97. The number of thiazole rings is 1. The van der Waals surface area contributed by atoms with Crippen LogP contribution in [0.3, 0.4) is 0 Å². The largest absolute Gasteiger partial charge is 0.347 e. The number of benzene rings is 1. The Hall–Kier alpha value is -1.92. The third kappa shape index (κ3) is 5.32. The summed E-state index contributed by atoms with van der Waals surface area (Å²) in [5.41, 5.74) is 2.29. The molecule has 7 heteroatoms. The van der Waals surface area contributed by atoms with Crippen LogP contribution in [0.25, 0.3) is 0 Å². The van der Waals surface area contributed by atoms with Crippen LogP contribution in [0.1, 0.15) is 55.8 Å². The fraction of sp³-hybridized carbons (Fsp3) is 0.476. The van der Waals surface area contributed by atoms with Crippen LogP contribution >= 0.6 is 22.9 Å². The molecule has 1 aromatic heterocycles. The van der Waals surface area contributed by atoms with Crippen LogP contribution in [0.4, 0.5) is 0 Å². The summed E-state index contributed by atoms with van der Waals surface area (Å²) < 4.78 is 0. The molecule has 3 rings (SSSR count). The van der Waals surface area contributed by atoms with Gasteiger partial charge in [-0.2, -0.15) is 0 Å². The van der Waals surface area contributed by atoms with E-state index in [1.54, 1.807) is 11.3 Å². The van der Waals surface area contributed by atoms with Crippen molar-refractivity contribution in [1.29, 1.82) is 0 Å². The number of carbonyl (C=O) groups excluding carboxylic acids is 2. The number of nitrogens with zero attached hydrogens (tertiary/aromatic N) is 1. The van der Waals surface area contributed by atoms with Gasteiger partial charge in [0.05, 0.1) is 10.7 Å². The average molecular weight is 420 g/mol. The van der Waals surface area contributed by atoms with E-state index in [9.17, 15) is 9.59 Å². The third-order valence-corrected chi connectivity index (χ3v) is 6.13. The molecule has 2 aromatic rings. The lowest BCUT2D eigenvalue weighted by molar-refractivity contribution is -0.140. The van der Waals surface area contributed by atoms with Crippen molar-refractivity contribution in [3.63, 3.8) is 0 Å². The second kappa shape index (κ2) is 8.62. The number of carbonyl (C=O) groups is 2. The van der Waals surface area contributed by atoms with E-state index in [2.05, 4.69) is 41.8 Å². The highest BCUT2D eigenvalue weighted by atomic mass is 35.5. The summed E-state index contributed by atoms with van der Waals surface area (Å²) in [6.45, 7) is 6.77. The molecule has 1 aliphatic rings. The number of halogens is 1. The van der Waals surface area contributed by atoms with Gasteiger partial charge in [-0.3, -0.25) is 9.59 Å². The van der Waals surface area contributed by atoms with Crippen molar-refractivity contribution in [3.05, 3.63) is 50.9 Å². The first-order valence-corrected chi connectivity index (χ1v) is 10.8. The van der Waals surface area contributed by atoms with E-state index in [1.807, 2.05) is 24.3 Å². The van der Waals surface area contributed by atoms with Crippen molar-refractivity contribution >= 4 is 34.8 Å². The van der Waals surface area contributed by atoms with Crippen LogP contribution in [-0.4, -0.2) is 29.4 Å². The topological polar surface area (TPSA) is 71.1 Å². The first-order valence-electron chi connectivity index (χ1n) is 9.51. The predicted octanol–water partition coefficient (Wildman–Crippen LogP) is 3.82. The summed E-state index contributed by atoms with van der Waals surface area (Å²) in [4.78, 5) is 28.7. The Labute approximate surface area is 174 Å². The van der Waals surface area contributed by atoms with E-state index < -0.39 is 11.8 Å². The molecule has 150 valence electrons. The number of nitrogens with one attached hydrogen (secondary N) is 2. The summed E-state index contributed by atoms with van der Waals surface area (Å²) in [5, 5.41) is 9.23. The van der Waals surface area contributed by atoms with Crippen molar-refractivity contribution < 1.29 is 9.59 Å². The molecule has 0 aliphatic heterocycles. The van der Waals surface area contributed by atoms with E-state index in [4.69, 9.17) is 11.6 Å². The molecule has 1 aliphatic carbocycles. The van der Waals surface area contributed by atoms with E-state index in [0.29, 0.717) is 18.9 Å². The monoisotopic (exact) mass is 419 g/mol. The summed E-state index contributed by atoms with van der Waals surface area (Å²) in [6, 6.07) is 7.84. The van der Waals surface area contributed by atoms with Crippen molar-refractivity contribution in [2.45, 2.75) is 57.4 Å². The second-order valence-corrected chi connectivity index (χ2v) is 9.65. The minimum atomic E-state index is -0.581. The van der Waals surface area contributed by atoms with Gasteiger partial charge in [0.2, 0.25) is 0 Å². The second-order valence-electron chi connectivity index (χ2n) is 8.27. The maximum atomic E-state index is 12.1. The van der Waals surface area contributed by atoms with Crippen LogP contribution in [0.2, 0.25) is 5.02 Å². The standard InChI is InChI=1S/C21H26ClN3O2S/c1-21(2,3)17-12-28-18(25-17)8-9-23-19(26)20(27)24-16-10-14(11-16)13-4-6-15(22)7-5-13/h4-7,12,14,16H,8-11H2,1-3H3,(H,23,26)(H,24,27). The quantitative estimate of drug-likeness (QED) is 0.724. The molecule has 0 bridgehead atoms. The van der Waals surface area contributed by atoms with Gasteiger partial charge in [-0.25, -0.2) is 4.98 Å². The number of hydrogen-bond donors (Lipinski definition) is 2. The van der Waals surface area contributed by atoms with Crippen molar-refractivity contribution in [3.8, 4) is 0 Å². The van der Waals surface area contributed by atoms with Gasteiger partial charge in [-0.15, -0.1) is 11.3 Å². The Morgan fingerprint density at radius 1 is 1.18 bits per heavy atom. The van der Waals surface area contributed by atoms with Gasteiger partial charge < -0.3 is 10.6 Å². The van der Waals surface area contributed by atoms with Crippen molar-refractivity contribution in [1.82, 2.24) is 15.6 Å². The molecule has 1 heterocycles. The molecule has 1 aromatic carbocycles. The van der Waals surface area contributed by atoms with Gasteiger partial charge in [0.15, 0.2) is 0 Å². The molecule has 28 heavy (non-hydrogen) atoms. The summed E-state index contributed by atoms with van der Waals surface area (Å²) in [7, 11) is 0. The maximum absolute atomic E-state index is 12.1. The first-order chi connectivity index (χ1) is 13.2. The zero-order valence-electron chi connectivity index (χ0n) is 16.4. The van der Waals surface area contributed by atoms with Crippen LogP contribution in [0.15, 0.2) is 29.6 Å². The number of rotatable bonds is 5. The number of aromatic nitrogens is 1. The molecule has 0 radical (unpaired) electrons. The van der Waals surface area contributed by atoms with E-state index >= 15 is 0 Å². The highest BCUT2D eigenvalue weighted by molar-refractivity contribution is 7.09. The summed E-state index contributed by atoms with van der Waals surface area (Å²) in [5.74, 6) is -0.732. The number of amides is 2. The Morgan fingerprint density at radius 2 is 1.86 bits per heavy atom. The fourth-order valence-corrected chi connectivity index (χ4v) is 4.28. The smallest absolute Gasteiger partial charge is 0.309 e. The molecular weight excluding hydrogens is 394 g/mol. The lowest BCUT2D eigenvalue weighted by Crippen LogP contribution is -2.49. The number of hydrogen-bond acceptors (Lipinski definition) is 4. The van der Waals surface area contributed by atoms with Gasteiger partial charge in [-0.05, 0) is 36.5 Å². The van der Waals surface area contributed by atoms with Crippen molar-refractivity contribution in [2.75, 3.05) is 6.54 Å². The zero-order valence-corrected chi connectivity index (χ0v) is 18.0. The van der Waals surface area contributed by atoms with Crippen LogP contribution in [0, 0.1) is 0 Å². The molecule has 2 amide bonds. The van der Waals surface area contributed by atoms with E-state index in [0.717, 1.165) is 28.6 Å². The molecule has 2 N–H and O–H groups in total. The van der Waals surface area contributed by atoms with Crippen LogP contribution in [-0.2, 0) is 21.4 Å². The van der Waals surface area contributed by atoms with Crippen LogP contribution < -0.4 is 10.6 Å². The summed E-state index contributed by atoms with van der Waals surface area (Å²) >= 11 is 7.49. The van der Waals surface area contributed by atoms with Gasteiger partial charge in [-0.1, -0.05) is 44.5 Å².